The normalized spacial score (nSPS) is 11.3. The van der Waals surface area contributed by atoms with Crippen molar-refractivity contribution in [2.75, 3.05) is 0 Å². The van der Waals surface area contributed by atoms with Gasteiger partial charge in [0, 0.05) is 6.07 Å². The van der Waals surface area contributed by atoms with E-state index < -0.39 is 17.6 Å². The van der Waals surface area contributed by atoms with E-state index >= 15 is 0 Å². The van der Waals surface area contributed by atoms with Crippen LogP contribution in [0.3, 0.4) is 0 Å². The van der Waals surface area contributed by atoms with Gasteiger partial charge in [-0.3, -0.25) is 0 Å². The Morgan fingerprint density at radius 1 is 1.40 bits per heavy atom. The molecule has 0 aliphatic rings. The van der Waals surface area contributed by atoms with Gasteiger partial charge in [0.05, 0.1) is 0 Å². The first-order chi connectivity index (χ1) is 7.04. The number of benzene rings is 1. The summed E-state index contributed by atoms with van der Waals surface area (Å²) in [6, 6.07) is 2.78. The molecule has 0 amide bonds. The molecule has 1 aromatic rings. The lowest BCUT2D eigenvalue weighted by atomic mass is 10.3. The summed E-state index contributed by atoms with van der Waals surface area (Å²) < 4.78 is 30.0. The second-order valence-electron chi connectivity index (χ2n) is 2.64. The Kier molecular flexibility index (Phi) is 3.38. The lowest BCUT2D eigenvalue weighted by Gasteiger charge is -2.05. The van der Waals surface area contributed by atoms with E-state index in [2.05, 4.69) is 0 Å². The summed E-state index contributed by atoms with van der Waals surface area (Å²) in [6.07, 6.45) is 1.21. The molecule has 1 aromatic carbocycles. The second kappa shape index (κ2) is 4.54. The van der Waals surface area contributed by atoms with Gasteiger partial charge in [0.2, 0.25) is 5.76 Å². The van der Waals surface area contributed by atoms with Gasteiger partial charge in [-0.15, -0.1) is 0 Å². The number of carboxylic acids is 1. The minimum Gasteiger partial charge on any atom is -0.475 e. The maximum Gasteiger partial charge on any atom is 0.371 e. The average Bonchev–Trinajstić information content (AvgIpc) is 2.19. The first-order valence-electron chi connectivity index (χ1n) is 4.07. The van der Waals surface area contributed by atoms with E-state index in [4.69, 9.17) is 9.84 Å². The lowest BCUT2D eigenvalue weighted by Crippen LogP contribution is -2.07. The second-order valence-corrected chi connectivity index (χ2v) is 2.64. The highest BCUT2D eigenvalue weighted by Gasteiger charge is 2.10. The monoisotopic (exact) mass is 214 g/mol. The average molecular weight is 214 g/mol. The standard InChI is InChI=1S/C10H8F2O3/c1-2-9(10(13)14)15-6-3-4-7(11)8(12)5-6/h2-5H,1H3,(H,13,14). The summed E-state index contributed by atoms with van der Waals surface area (Å²) in [7, 11) is 0. The Balaban J connectivity index is 2.90. The highest BCUT2D eigenvalue weighted by molar-refractivity contribution is 5.84. The summed E-state index contributed by atoms with van der Waals surface area (Å²) in [5.74, 6) is -3.79. The van der Waals surface area contributed by atoms with Crippen molar-refractivity contribution >= 4 is 5.97 Å². The molecule has 1 N–H and O–H groups in total. The molecule has 0 fully saturated rings. The van der Waals surface area contributed by atoms with Crippen molar-refractivity contribution in [1.29, 1.82) is 0 Å². The molecule has 15 heavy (non-hydrogen) atoms. The fraction of sp³-hybridized carbons (Fsp3) is 0.100. The van der Waals surface area contributed by atoms with Gasteiger partial charge in [0.1, 0.15) is 5.75 Å². The van der Waals surface area contributed by atoms with Gasteiger partial charge in [-0.25, -0.2) is 13.6 Å². The maximum atomic E-state index is 12.7. The Labute approximate surface area is 84.6 Å². The molecule has 3 nitrogen and oxygen atoms in total. The number of aliphatic carboxylic acids is 1. The Morgan fingerprint density at radius 3 is 2.53 bits per heavy atom. The Hall–Kier alpha value is -1.91. The highest BCUT2D eigenvalue weighted by atomic mass is 19.2. The third-order valence-electron chi connectivity index (χ3n) is 1.59. The minimum absolute atomic E-state index is 0.0654. The van der Waals surface area contributed by atoms with Crippen LogP contribution in [-0.4, -0.2) is 11.1 Å². The van der Waals surface area contributed by atoms with Crippen LogP contribution in [-0.2, 0) is 4.79 Å². The Morgan fingerprint density at radius 2 is 2.07 bits per heavy atom. The lowest BCUT2D eigenvalue weighted by molar-refractivity contribution is -0.135. The number of ether oxygens (including phenoxy) is 1. The van der Waals surface area contributed by atoms with Crippen LogP contribution in [0.2, 0.25) is 0 Å². The van der Waals surface area contributed by atoms with Gasteiger partial charge < -0.3 is 9.84 Å². The van der Waals surface area contributed by atoms with Crippen molar-refractivity contribution in [3.05, 3.63) is 41.7 Å². The molecular weight excluding hydrogens is 206 g/mol. The van der Waals surface area contributed by atoms with Crippen LogP contribution in [0.15, 0.2) is 30.0 Å². The zero-order chi connectivity index (χ0) is 11.4. The molecule has 0 aromatic heterocycles. The third kappa shape index (κ3) is 2.77. The van der Waals surface area contributed by atoms with Crippen LogP contribution in [0.1, 0.15) is 6.92 Å². The fourth-order valence-electron chi connectivity index (χ4n) is 0.893. The highest BCUT2D eigenvalue weighted by Crippen LogP contribution is 2.17. The zero-order valence-electron chi connectivity index (χ0n) is 7.83. The maximum absolute atomic E-state index is 12.7. The number of hydrogen-bond acceptors (Lipinski definition) is 2. The van der Waals surface area contributed by atoms with Crippen LogP contribution >= 0.6 is 0 Å². The number of halogens is 2. The van der Waals surface area contributed by atoms with Gasteiger partial charge in [-0.2, -0.15) is 0 Å². The van der Waals surface area contributed by atoms with Gasteiger partial charge in [0.25, 0.3) is 0 Å². The molecule has 0 saturated heterocycles. The molecular formula is C10H8F2O3. The number of allylic oxidation sites excluding steroid dienone is 1. The van der Waals surface area contributed by atoms with Crippen molar-refractivity contribution < 1.29 is 23.4 Å². The molecule has 0 heterocycles. The molecule has 80 valence electrons. The number of hydrogen-bond donors (Lipinski definition) is 1. The third-order valence-corrected chi connectivity index (χ3v) is 1.59. The molecule has 0 saturated carbocycles. The van der Waals surface area contributed by atoms with Crippen LogP contribution in [0.25, 0.3) is 0 Å². The smallest absolute Gasteiger partial charge is 0.371 e. The van der Waals surface area contributed by atoms with Gasteiger partial charge >= 0.3 is 5.97 Å². The quantitative estimate of drug-likeness (QED) is 0.620. The van der Waals surface area contributed by atoms with Gasteiger partial charge in [0.15, 0.2) is 11.6 Å². The molecule has 0 spiro atoms. The van der Waals surface area contributed by atoms with E-state index in [1.54, 1.807) is 0 Å². The summed E-state index contributed by atoms with van der Waals surface area (Å²) in [5, 5.41) is 8.60. The molecule has 0 aliphatic heterocycles. The van der Waals surface area contributed by atoms with E-state index in [0.29, 0.717) is 0 Å². The van der Waals surface area contributed by atoms with Gasteiger partial charge in [-0.1, -0.05) is 0 Å². The van der Waals surface area contributed by atoms with E-state index in [1.807, 2.05) is 0 Å². The summed E-state index contributed by atoms with van der Waals surface area (Å²) in [4.78, 5) is 10.5. The molecule has 0 atom stereocenters. The molecule has 0 unspecified atom stereocenters. The first kappa shape index (κ1) is 11.2. The van der Waals surface area contributed by atoms with Crippen LogP contribution < -0.4 is 4.74 Å². The van der Waals surface area contributed by atoms with E-state index in [9.17, 15) is 13.6 Å². The molecule has 0 bridgehead atoms. The van der Waals surface area contributed by atoms with E-state index in [0.717, 1.165) is 18.2 Å². The molecule has 1 rings (SSSR count). The first-order valence-corrected chi connectivity index (χ1v) is 4.07. The van der Waals surface area contributed by atoms with Crippen LogP contribution in [0.4, 0.5) is 8.78 Å². The van der Waals surface area contributed by atoms with E-state index in [-0.39, 0.29) is 11.5 Å². The molecule has 5 heteroatoms. The Bertz CT molecular complexity index is 413. The fourth-order valence-corrected chi connectivity index (χ4v) is 0.893. The predicted octanol–water partition coefficient (Wildman–Crippen LogP) is 2.33. The van der Waals surface area contributed by atoms with Crippen molar-refractivity contribution in [2.45, 2.75) is 6.92 Å². The summed E-state index contributed by atoms with van der Waals surface area (Å²) >= 11 is 0. The van der Waals surface area contributed by atoms with Crippen molar-refractivity contribution in [2.24, 2.45) is 0 Å². The van der Waals surface area contributed by atoms with Gasteiger partial charge in [-0.05, 0) is 25.1 Å². The number of carbonyl (C=O) groups is 1. The summed E-state index contributed by atoms with van der Waals surface area (Å²) in [6.45, 7) is 1.46. The van der Waals surface area contributed by atoms with Crippen molar-refractivity contribution in [3.63, 3.8) is 0 Å². The van der Waals surface area contributed by atoms with Crippen LogP contribution in [0.5, 0.6) is 5.75 Å². The number of rotatable bonds is 3. The van der Waals surface area contributed by atoms with Crippen molar-refractivity contribution in [1.82, 2.24) is 0 Å². The van der Waals surface area contributed by atoms with Crippen molar-refractivity contribution in [3.8, 4) is 5.75 Å². The topological polar surface area (TPSA) is 46.5 Å². The molecule has 0 aliphatic carbocycles. The minimum atomic E-state index is -1.28. The summed E-state index contributed by atoms with van der Waals surface area (Å²) in [5.41, 5.74) is 0. The largest absolute Gasteiger partial charge is 0.475 e. The molecule has 0 radical (unpaired) electrons. The van der Waals surface area contributed by atoms with E-state index in [1.165, 1.54) is 13.0 Å². The SMILES string of the molecule is CC=C(Oc1ccc(F)c(F)c1)C(=O)O. The zero-order valence-corrected chi connectivity index (χ0v) is 7.83. The van der Waals surface area contributed by atoms with Crippen LogP contribution in [0, 0.1) is 11.6 Å². The predicted molar refractivity (Wildman–Crippen MR) is 48.4 cm³/mol. The number of carboxylic acid groups (broad SMARTS) is 1.